The molecule has 0 fully saturated rings. The lowest BCUT2D eigenvalue weighted by molar-refractivity contribution is 0.0954. The number of carbonyl (C=O) groups excluding carboxylic acids is 1. The molecule has 0 atom stereocenters. The Kier molecular flexibility index (Phi) is 6.29. The molecule has 5 heteroatoms. The summed E-state index contributed by atoms with van der Waals surface area (Å²) in [6.45, 7) is 2.29. The van der Waals surface area contributed by atoms with Crippen molar-refractivity contribution in [2.75, 3.05) is 0 Å². The molecule has 4 nitrogen and oxygen atoms in total. The monoisotopic (exact) mass is 428 g/mol. The number of amides is 1. The van der Waals surface area contributed by atoms with Gasteiger partial charge in [0.25, 0.3) is 5.91 Å². The zero-order valence-electron chi connectivity index (χ0n) is 17.0. The van der Waals surface area contributed by atoms with Crippen LogP contribution >= 0.6 is 11.6 Å². The number of carbonyl (C=O) groups is 1. The number of hydrogen-bond donors (Lipinski definition) is 1. The molecule has 0 radical (unpaired) electrons. The first-order valence-corrected chi connectivity index (χ1v) is 10.3. The van der Waals surface area contributed by atoms with Crippen molar-refractivity contribution in [3.63, 3.8) is 0 Å². The molecule has 0 aliphatic carbocycles. The van der Waals surface area contributed by atoms with Gasteiger partial charge in [0.2, 0.25) is 0 Å². The van der Waals surface area contributed by atoms with Gasteiger partial charge < -0.3 is 4.74 Å². The molecule has 154 valence electrons. The lowest BCUT2D eigenvalue weighted by Crippen LogP contribution is -2.18. The summed E-state index contributed by atoms with van der Waals surface area (Å²) in [5.74, 6) is 0.362. The van der Waals surface area contributed by atoms with E-state index in [1.807, 2.05) is 43.3 Å². The molecule has 0 heterocycles. The van der Waals surface area contributed by atoms with Crippen LogP contribution in [0.3, 0.4) is 0 Å². The normalized spacial score (nSPS) is 11.0. The second-order valence-electron chi connectivity index (χ2n) is 7.12. The number of hydrazone groups is 1. The quantitative estimate of drug-likeness (QED) is 0.296. The predicted molar refractivity (Wildman–Crippen MR) is 126 cm³/mol. The van der Waals surface area contributed by atoms with Gasteiger partial charge >= 0.3 is 0 Å². The average Bonchev–Trinajstić information content (AvgIpc) is 2.79. The summed E-state index contributed by atoms with van der Waals surface area (Å²) < 4.78 is 6.08. The summed E-state index contributed by atoms with van der Waals surface area (Å²) in [5, 5.41) is 6.98. The summed E-state index contributed by atoms with van der Waals surface area (Å²) in [7, 11) is 0. The van der Waals surface area contributed by atoms with Gasteiger partial charge in [-0.25, -0.2) is 5.43 Å². The van der Waals surface area contributed by atoms with Crippen molar-refractivity contribution in [1.82, 2.24) is 5.43 Å². The van der Waals surface area contributed by atoms with E-state index in [4.69, 9.17) is 16.3 Å². The van der Waals surface area contributed by atoms with E-state index in [1.54, 1.807) is 30.5 Å². The van der Waals surface area contributed by atoms with Crippen LogP contribution < -0.4 is 10.2 Å². The number of rotatable bonds is 6. The molecule has 4 rings (SSSR count). The van der Waals surface area contributed by atoms with Crippen molar-refractivity contribution >= 4 is 34.5 Å². The van der Waals surface area contributed by atoms with Gasteiger partial charge in [-0.3, -0.25) is 4.79 Å². The van der Waals surface area contributed by atoms with Gasteiger partial charge in [0, 0.05) is 16.1 Å². The maximum Gasteiger partial charge on any atom is 0.271 e. The molecule has 0 bridgehead atoms. The molecule has 0 unspecified atom stereocenters. The van der Waals surface area contributed by atoms with Crippen molar-refractivity contribution in [1.29, 1.82) is 0 Å². The number of benzene rings is 4. The molecule has 0 aliphatic heterocycles. The van der Waals surface area contributed by atoms with Crippen LogP contribution in [0, 0.1) is 6.92 Å². The van der Waals surface area contributed by atoms with E-state index in [-0.39, 0.29) is 5.91 Å². The van der Waals surface area contributed by atoms with Gasteiger partial charge in [-0.2, -0.15) is 5.10 Å². The smallest absolute Gasteiger partial charge is 0.271 e. The molecular weight excluding hydrogens is 408 g/mol. The zero-order valence-corrected chi connectivity index (χ0v) is 17.8. The highest BCUT2D eigenvalue weighted by Gasteiger charge is 2.08. The van der Waals surface area contributed by atoms with E-state index >= 15 is 0 Å². The molecule has 0 aromatic heterocycles. The van der Waals surface area contributed by atoms with Crippen LogP contribution in [-0.4, -0.2) is 12.1 Å². The second kappa shape index (κ2) is 9.45. The average molecular weight is 429 g/mol. The molecule has 0 saturated heterocycles. The molecule has 0 aliphatic rings. The van der Waals surface area contributed by atoms with Crippen molar-refractivity contribution < 1.29 is 9.53 Å². The fourth-order valence-electron chi connectivity index (χ4n) is 3.37. The highest BCUT2D eigenvalue weighted by atomic mass is 35.5. The first-order valence-electron chi connectivity index (χ1n) is 9.90. The van der Waals surface area contributed by atoms with E-state index in [2.05, 4.69) is 34.8 Å². The third-order valence-corrected chi connectivity index (χ3v) is 5.23. The van der Waals surface area contributed by atoms with E-state index in [0.717, 1.165) is 16.5 Å². The first kappa shape index (κ1) is 20.6. The van der Waals surface area contributed by atoms with Crippen LogP contribution in [0.4, 0.5) is 0 Å². The molecule has 1 amide bonds. The summed E-state index contributed by atoms with van der Waals surface area (Å²) in [6, 6.07) is 27.0. The number of fused-ring (bicyclic) bond motifs is 1. The Bertz CT molecular complexity index is 1260. The summed E-state index contributed by atoms with van der Waals surface area (Å²) >= 11 is 6.17. The minimum absolute atomic E-state index is 0.269. The molecule has 31 heavy (non-hydrogen) atoms. The summed E-state index contributed by atoms with van der Waals surface area (Å²) in [5.41, 5.74) is 5.80. The third-order valence-electron chi connectivity index (χ3n) is 4.99. The van der Waals surface area contributed by atoms with E-state index < -0.39 is 0 Å². The Labute approximate surface area is 186 Å². The van der Waals surface area contributed by atoms with Gasteiger partial charge in [0.05, 0.1) is 6.21 Å². The number of ether oxygens (including phenoxy) is 1. The third kappa shape index (κ3) is 4.93. The number of aryl methyl sites for hydroxylation is 1. The largest absolute Gasteiger partial charge is 0.488 e. The number of nitrogens with one attached hydrogen (secondary N) is 1. The zero-order chi connectivity index (χ0) is 21.6. The molecule has 4 aromatic rings. The SMILES string of the molecule is Cc1ccccc1C(=O)N/N=C\c1cc(Cl)ccc1OCc1cccc2ccccc12. The van der Waals surface area contributed by atoms with Crippen molar-refractivity contribution in [2.24, 2.45) is 5.10 Å². The summed E-state index contributed by atoms with van der Waals surface area (Å²) in [6.07, 6.45) is 1.54. The lowest BCUT2D eigenvalue weighted by atomic mass is 10.1. The van der Waals surface area contributed by atoms with Crippen LogP contribution in [0.25, 0.3) is 10.8 Å². The van der Waals surface area contributed by atoms with Crippen LogP contribution in [0.5, 0.6) is 5.75 Å². The van der Waals surface area contributed by atoms with Crippen molar-refractivity contribution in [2.45, 2.75) is 13.5 Å². The Balaban J connectivity index is 1.50. The van der Waals surface area contributed by atoms with Gasteiger partial charge in [-0.1, -0.05) is 72.3 Å². The van der Waals surface area contributed by atoms with Crippen LogP contribution in [0.2, 0.25) is 5.02 Å². The fraction of sp³-hybridized carbons (Fsp3) is 0.0769. The predicted octanol–water partition coefficient (Wildman–Crippen LogP) is 6.14. The molecule has 0 saturated carbocycles. The number of nitrogens with zero attached hydrogens (tertiary/aromatic N) is 1. The molecule has 4 aromatic carbocycles. The Hall–Kier alpha value is -3.63. The highest BCUT2D eigenvalue weighted by Crippen LogP contribution is 2.24. The van der Waals surface area contributed by atoms with Crippen LogP contribution in [0.1, 0.15) is 27.0 Å². The van der Waals surface area contributed by atoms with Gasteiger partial charge in [0.1, 0.15) is 12.4 Å². The van der Waals surface area contributed by atoms with E-state index in [9.17, 15) is 4.79 Å². The van der Waals surface area contributed by atoms with Gasteiger partial charge in [0.15, 0.2) is 0 Å². The highest BCUT2D eigenvalue weighted by molar-refractivity contribution is 6.30. The topological polar surface area (TPSA) is 50.7 Å². The minimum atomic E-state index is -0.269. The van der Waals surface area contributed by atoms with E-state index in [1.165, 1.54) is 5.39 Å². The minimum Gasteiger partial charge on any atom is -0.488 e. The standard InChI is InChI=1S/C26H21ClN2O2/c1-18-7-2-4-11-23(18)26(30)29-28-16-21-15-22(27)13-14-25(21)31-17-20-10-6-9-19-8-3-5-12-24(19)20/h2-16H,17H2,1H3,(H,29,30)/b28-16-. The van der Waals surface area contributed by atoms with Gasteiger partial charge in [-0.15, -0.1) is 0 Å². The maximum atomic E-state index is 12.4. The molecule has 1 N–H and O–H groups in total. The van der Waals surface area contributed by atoms with Gasteiger partial charge in [-0.05, 0) is 53.1 Å². The Morgan fingerprint density at radius 1 is 1.00 bits per heavy atom. The lowest BCUT2D eigenvalue weighted by Gasteiger charge is -2.11. The molecular formula is C26H21ClN2O2. The van der Waals surface area contributed by atoms with E-state index in [0.29, 0.717) is 28.5 Å². The van der Waals surface area contributed by atoms with Crippen LogP contribution in [-0.2, 0) is 6.61 Å². The maximum absolute atomic E-state index is 12.4. The Morgan fingerprint density at radius 3 is 2.65 bits per heavy atom. The number of hydrogen-bond acceptors (Lipinski definition) is 3. The molecule has 0 spiro atoms. The number of halogens is 1. The second-order valence-corrected chi connectivity index (χ2v) is 7.56. The first-order chi connectivity index (χ1) is 15.1. The summed E-state index contributed by atoms with van der Waals surface area (Å²) in [4.78, 5) is 12.4. The van der Waals surface area contributed by atoms with Crippen molar-refractivity contribution in [3.8, 4) is 5.75 Å². The fourth-order valence-corrected chi connectivity index (χ4v) is 3.55. The Morgan fingerprint density at radius 2 is 1.77 bits per heavy atom. The van der Waals surface area contributed by atoms with Crippen molar-refractivity contribution in [3.05, 3.63) is 112 Å². The van der Waals surface area contributed by atoms with Crippen LogP contribution in [0.15, 0.2) is 90.0 Å².